The van der Waals surface area contributed by atoms with Gasteiger partial charge in [0.1, 0.15) is 11.7 Å². The molecule has 5 heteroatoms. The summed E-state index contributed by atoms with van der Waals surface area (Å²) in [6.45, 7) is 6.50. The lowest BCUT2D eigenvalue weighted by atomic mass is 10.1. The molecule has 0 aliphatic heterocycles. The second-order valence-electron chi connectivity index (χ2n) is 5.23. The van der Waals surface area contributed by atoms with Crippen LogP contribution in [0.4, 0.5) is 0 Å². The van der Waals surface area contributed by atoms with E-state index < -0.39 is 0 Å². The second-order valence-corrected chi connectivity index (χ2v) is 6.74. The van der Waals surface area contributed by atoms with Crippen LogP contribution in [0, 0.1) is 0 Å². The number of amides is 1. The molecule has 1 aromatic heterocycles. The molecule has 114 valence electrons. The highest BCUT2D eigenvalue weighted by Crippen LogP contribution is 2.25. The van der Waals surface area contributed by atoms with E-state index >= 15 is 0 Å². The standard InChI is InChI=1S/C16H22N2O2S/c1-11(2)21-10-20-14-4-5-16-15(8-14)13(9-18-16)6-7-17-12(3)19/h4-5,8-9,11,18H,6-7,10H2,1-3H3,(H,17,19). The van der Waals surface area contributed by atoms with Crippen LogP contribution in [0.25, 0.3) is 10.9 Å². The zero-order valence-electron chi connectivity index (χ0n) is 12.7. The normalized spacial score (nSPS) is 11.0. The summed E-state index contributed by atoms with van der Waals surface area (Å²) >= 11 is 1.78. The SMILES string of the molecule is CC(=O)NCCc1c[nH]c2ccc(OCSC(C)C)cc12. The average molecular weight is 306 g/mol. The van der Waals surface area contributed by atoms with E-state index in [1.807, 2.05) is 18.3 Å². The predicted octanol–water partition coefficient (Wildman–Crippen LogP) is 3.32. The van der Waals surface area contributed by atoms with Gasteiger partial charge in [-0.05, 0) is 30.2 Å². The largest absolute Gasteiger partial charge is 0.483 e. The van der Waals surface area contributed by atoms with Crippen LogP contribution >= 0.6 is 11.8 Å². The Morgan fingerprint density at radius 3 is 2.95 bits per heavy atom. The molecule has 21 heavy (non-hydrogen) atoms. The zero-order valence-corrected chi connectivity index (χ0v) is 13.5. The lowest BCUT2D eigenvalue weighted by Gasteiger charge is -2.08. The molecule has 0 saturated heterocycles. The van der Waals surface area contributed by atoms with Gasteiger partial charge in [-0.3, -0.25) is 4.79 Å². The van der Waals surface area contributed by atoms with Crippen molar-refractivity contribution in [3.63, 3.8) is 0 Å². The number of aromatic nitrogens is 1. The first kappa shape index (κ1) is 15.8. The first-order chi connectivity index (χ1) is 10.1. The first-order valence-electron chi connectivity index (χ1n) is 7.15. The van der Waals surface area contributed by atoms with E-state index in [1.54, 1.807) is 11.8 Å². The summed E-state index contributed by atoms with van der Waals surface area (Å²) in [5.74, 6) is 1.55. The highest BCUT2D eigenvalue weighted by molar-refractivity contribution is 7.99. The Labute approximate surface area is 129 Å². The van der Waals surface area contributed by atoms with E-state index in [9.17, 15) is 4.79 Å². The van der Waals surface area contributed by atoms with Crippen LogP contribution in [0.3, 0.4) is 0 Å². The molecule has 0 saturated carbocycles. The van der Waals surface area contributed by atoms with Crippen LogP contribution in [-0.4, -0.2) is 28.6 Å². The number of H-pyrrole nitrogens is 1. The minimum absolute atomic E-state index is 0.00424. The number of hydrogen-bond donors (Lipinski definition) is 2. The van der Waals surface area contributed by atoms with Gasteiger partial charge >= 0.3 is 0 Å². The van der Waals surface area contributed by atoms with Crippen LogP contribution in [0.2, 0.25) is 0 Å². The molecule has 0 aliphatic rings. The lowest BCUT2D eigenvalue weighted by Crippen LogP contribution is -2.22. The molecule has 2 rings (SSSR count). The van der Waals surface area contributed by atoms with Crippen LogP contribution < -0.4 is 10.1 Å². The van der Waals surface area contributed by atoms with Crippen molar-refractivity contribution in [2.24, 2.45) is 0 Å². The van der Waals surface area contributed by atoms with E-state index in [1.165, 1.54) is 12.5 Å². The van der Waals surface area contributed by atoms with Crippen LogP contribution in [0.5, 0.6) is 5.75 Å². The van der Waals surface area contributed by atoms with Gasteiger partial charge in [0.15, 0.2) is 0 Å². The van der Waals surface area contributed by atoms with Crippen molar-refractivity contribution >= 4 is 28.6 Å². The minimum Gasteiger partial charge on any atom is -0.483 e. The van der Waals surface area contributed by atoms with E-state index in [0.717, 1.165) is 23.1 Å². The number of carbonyl (C=O) groups excluding carboxylic acids is 1. The quantitative estimate of drug-likeness (QED) is 0.772. The summed E-state index contributed by atoms with van der Waals surface area (Å²) in [5.41, 5.74) is 2.29. The summed E-state index contributed by atoms with van der Waals surface area (Å²) in [5, 5.41) is 4.55. The molecule has 2 N–H and O–H groups in total. The topological polar surface area (TPSA) is 54.1 Å². The van der Waals surface area contributed by atoms with E-state index in [-0.39, 0.29) is 5.91 Å². The van der Waals surface area contributed by atoms with Gasteiger partial charge in [0.2, 0.25) is 5.91 Å². The summed E-state index contributed by atoms with van der Waals surface area (Å²) in [6, 6.07) is 6.08. The number of carbonyl (C=O) groups is 1. The Morgan fingerprint density at radius 2 is 2.24 bits per heavy atom. The number of ether oxygens (including phenoxy) is 1. The van der Waals surface area contributed by atoms with Gasteiger partial charge in [-0.15, -0.1) is 11.8 Å². The van der Waals surface area contributed by atoms with E-state index in [0.29, 0.717) is 17.7 Å². The van der Waals surface area contributed by atoms with Gasteiger partial charge in [-0.25, -0.2) is 0 Å². The van der Waals surface area contributed by atoms with Crippen molar-refractivity contribution < 1.29 is 9.53 Å². The molecule has 1 aromatic carbocycles. The molecule has 0 radical (unpaired) electrons. The maximum absolute atomic E-state index is 10.9. The summed E-state index contributed by atoms with van der Waals surface area (Å²) < 4.78 is 5.77. The molecule has 0 spiro atoms. The van der Waals surface area contributed by atoms with Crippen molar-refractivity contribution in [1.29, 1.82) is 0 Å². The molecule has 0 aliphatic carbocycles. The molecule has 1 heterocycles. The summed E-state index contributed by atoms with van der Waals surface area (Å²) in [7, 11) is 0. The number of rotatable bonds is 7. The van der Waals surface area contributed by atoms with Crippen molar-refractivity contribution in [3.8, 4) is 5.75 Å². The maximum atomic E-state index is 10.9. The second kappa shape index (κ2) is 7.41. The van der Waals surface area contributed by atoms with Crippen molar-refractivity contribution in [3.05, 3.63) is 30.0 Å². The number of thioether (sulfide) groups is 1. The molecular formula is C16H22N2O2S. The number of hydrogen-bond acceptors (Lipinski definition) is 3. The van der Waals surface area contributed by atoms with E-state index in [4.69, 9.17) is 4.74 Å². The molecule has 1 amide bonds. The highest BCUT2D eigenvalue weighted by atomic mass is 32.2. The molecule has 0 unspecified atom stereocenters. The number of nitrogens with one attached hydrogen (secondary N) is 2. The van der Waals surface area contributed by atoms with Crippen LogP contribution in [0.1, 0.15) is 26.3 Å². The Bertz CT molecular complexity index is 607. The maximum Gasteiger partial charge on any atom is 0.216 e. The fraction of sp³-hybridized carbons (Fsp3) is 0.438. The molecule has 0 bridgehead atoms. The van der Waals surface area contributed by atoms with Gasteiger partial charge in [0.25, 0.3) is 0 Å². The van der Waals surface area contributed by atoms with Crippen molar-refractivity contribution in [2.75, 3.05) is 12.5 Å². The average Bonchev–Trinajstić information content (AvgIpc) is 2.81. The van der Waals surface area contributed by atoms with Gasteiger partial charge in [0, 0.05) is 35.8 Å². The fourth-order valence-electron chi connectivity index (χ4n) is 2.07. The zero-order chi connectivity index (χ0) is 15.2. The third-order valence-corrected chi connectivity index (χ3v) is 4.05. The Kier molecular flexibility index (Phi) is 5.56. The summed E-state index contributed by atoms with van der Waals surface area (Å²) in [4.78, 5) is 14.2. The highest BCUT2D eigenvalue weighted by Gasteiger charge is 2.06. The third kappa shape index (κ3) is 4.70. The first-order valence-corrected chi connectivity index (χ1v) is 8.20. The molecule has 4 nitrogen and oxygen atoms in total. The van der Waals surface area contributed by atoms with E-state index in [2.05, 4.69) is 30.2 Å². The van der Waals surface area contributed by atoms with Gasteiger partial charge in [-0.2, -0.15) is 0 Å². The minimum atomic E-state index is 0.00424. The Hall–Kier alpha value is -1.62. The number of aromatic amines is 1. The smallest absolute Gasteiger partial charge is 0.216 e. The lowest BCUT2D eigenvalue weighted by molar-refractivity contribution is -0.118. The monoisotopic (exact) mass is 306 g/mol. The van der Waals surface area contributed by atoms with Gasteiger partial charge in [-0.1, -0.05) is 13.8 Å². The van der Waals surface area contributed by atoms with Gasteiger partial charge < -0.3 is 15.0 Å². The van der Waals surface area contributed by atoms with Crippen LogP contribution in [0.15, 0.2) is 24.4 Å². The summed E-state index contributed by atoms with van der Waals surface area (Å²) in [6.07, 6.45) is 2.81. The van der Waals surface area contributed by atoms with Crippen molar-refractivity contribution in [1.82, 2.24) is 10.3 Å². The number of benzene rings is 1. The molecule has 2 aromatic rings. The number of fused-ring (bicyclic) bond motifs is 1. The molecular weight excluding hydrogens is 284 g/mol. The Balaban J connectivity index is 2.03. The Morgan fingerprint density at radius 1 is 1.43 bits per heavy atom. The molecule has 0 fully saturated rings. The third-order valence-electron chi connectivity index (χ3n) is 3.13. The fourth-order valence-corrected chi connectivity index (χ4v) is 2.54. The predicted molar refractivity (Wildman–Crippen MR) is 88.9 cm³/mol. The molecule has 0 atom stereocenters. The van der Waals surface area contributed by atoms with Crippen LogP contribution in [-0.2, 0) is 11.2 Å². The van der Waals surface area contributed by atoms with Gasteiger partial charge in [0.05, 0.1) is 0 Å². The van der Waals surface area contributed by atoms with Crippen molar-refractivity contribution in [2.45, 2.75) is 32.4 Å².